The summed E-state index contributed by atoms with van der Waals surface area (Å²) in [4.78, 5) is 14.7. The van der Waals surface area contributed by atoms with Crippen molar-refractivity contribution in [2.24, 2.45) is 5.84 Å². The summed E-state index contributed by atoms with van der Waals surface area (Å²) in [5.41, 5.74) is 2.44. The highest BCUT2D eigenvalue weighted by Crippen LogP contribution is 2.15. The van der Waals surface area contributed by atoms with Gasteiger partial charge in [-0.15, -0.1) is 0 Å². The second-order valence-corrected chi connectivity index (χ2v) is 3.97. The number of rotatable bonds is 5. The Morgan fingerprint density at radius 3 is 2.78 bits per heavy atom. The molecule has 2 rings (SSSR count). The predicted molar refractivity (Wildman–Crippen MR) is 68.5 cm³/mol. The molecule has 8 heteroatoms. The summed E-state index contributed by atoms with van der Waals surface area (Å²) >= 11 is 0. The molecule has 2 heterocycles. The van der Waals surface area contributed by atoms with E-state index in [0.717, 1.165) is 32.6 Å². The maximum Gasteiger partial charge on any atom is 0.323 e. The minimum atomic E-state index is 0.313. The van der Waals surface area contributed by atoms with Crippen molar-refractivity contribution in [3.8, 4) is 6.01 Å². The highest BCUT2D eigenvalue weighted by molar-refractivity contribution is 5.38. The van der Waals surface area contributed by atoms with Gasteiger partial charge in [0.25, 0.3) is 0 Å². The van der Waals surface area contributed by atoms with Crippen molar-refractivity contribution in [1.82, 2.24) is 20.3 Å². The first-order valence-electron chi connectivity index (χ1n) is 6.14. The summed E-state index contributed by atoms with van der Waals surface area (Å²) in [5, 5.41) is 3.28. The molecule has 4 N–H and O–H groups in total. The van der Waals surface area contributed by atoms with Gasteiger partial charge < -0.3 is 15.0 Å². The third-order valence-electron chi connectivity index (χ3n) is 2.57. The Morgan fingerprint density at radius 2 is 2.11 bits per heavy atom. The minimum absolute atomic E-state index is 0.313. The Labute approximate surface area is 106 Å². The van der Waals surface area contributed by atoms with Crippen molar-refractivity contribution in [3.63, 3.8) is 0 Å². The molecule has 0 saturated carbocycles. The van der Waals surface area contributed by atoms with Crippen molar-refractivity contribution in [2.45, 2.75) is 13.3 Å². The fourth-order valence-corrected chi connectivity index (χ4v) is 1.67. The van der Waals surface area contributed by atoms with E-state index in [1.165, 1.54) is 0 Å². The predicted octanol–water partition coefficient (Wildman–Crippen LogP) is -0.644. The lowest BCUT2D eigenvalue weighted by Crippen LogP contribution is -2.44. The molecule has 0 atom stereocenters. The lowest BCUT2D eigenvalue weighted by Gasteiger charge is -2.27. The molecule has 0 radical (unpaired) electrons. The van der Waals surface area contributed by atoms with Crippen LogP contribution in [0.15, 0.2) is 0 Å². The van der Waals surface area contributed by atoms with Gasteiger partial charge in [0.1, 0.15) is 0 Å². The average Bonchev–Trinajstić information content (AvgIpc) is 2.45. The number of nitrogens with one attached hydrogen (secondary N) is 2. The van der Waals surface area contributed by atoms with Gasteiger partial charge in [-0.2, -0.15) is 15.0 Å². The second-order valence-electron chi connectivity index (χ2n) is 3.97. The second kappa shape index (κ2) is 6.31. The van der Waals surface area contributed by atoms with Crippen molar-refractivity contribution >= 4 is 11.9 Å². The topological polar surface area (TPSA) is 101 Å². The molecule has 1 aromatic rings. The van der Waals surface area contributed by atoms with Crippen LogP contribution < -0.4 is 26.2 Å². The Kier molecular flexibility index (Phi) is 4.48. The van der Waals surface area contributed by atoms with Crippen molar-refractivity contribution in [1.29, 1.82) is 0 Å². The van der Waals surface area contributed by atoms with Gasteiger partial charge in [0.05, 0.1) is 6.61 Å². The van der Waals surface area contributed by atoms with E-state index in [4.69, 9.17) is 10.6 Å². The van der Waals surface area contributed by atoms with Gasteiger partial charge in [0, 0.05) is 26.2 Å². The molecule has 0 bridgehead atoms. The van der Waals surface area contributed by atoms with Gasteiger partial charge in [-0.1, -0.05) is 6.92 Å². The van der Waals surface area contributed by atoms with E-state index < -0.39 is 0 Å². The molecule has 0 unspecified atom stereocenters. The molecule has 1 aromatic heterocycles. The first kappa shape index (κ1) is 12.8. The maximum absolute atomic E-state index is 5.43. The van der Waals surface area contributed by atoms with Crippen molar-refractivity contribution in [3.05, 3.63) is 0 Å². The maximum atomic E-state index is 5.43. The zero-order valence-electron chi connectivity index (χ0n) is 10.5. The lowest BCUT2D eigenvalue weighted by molar-refractivity contribution is 0.291. The molecular weight excluding hydrogens is 234 g/mol. The summed E-state index contributed by atoms with van der Waals surface area (Å²) in [6.45, 7) is 6.17. The monoisotopic (exact) mass is 253 g/mol. The highest BCUT2D eigenvalue weighted by Gasteiger charge is 2.16. The molecule has 8 nitrogen and oxygen atoms in total. The van der Waals surface area contributed by atoms with Gasteiger partial charge in [-0.3, -0.25) is 5.43 Å². The van der Waals surface area contributed by atoms with Crippen LogP contribution in [0.4, 0.5) is 11.9 Å². The number of hydrogen-bond donors (Lipinski definition) is 3. The third-order valence-corrected chi connectivity index (χ3v) is 2.57. The van der Waals surface area contributed by atoms with E-state index in [0.29, 0.717) is 24.5 Å². The van der Waals surface area contributed by atoms with Crippen LogP contribution in [0.2, 0.25) is 0 Å². The first-order valence-corrected chi connectivity index (χ1v) is 6.14. The number of nitrogen functional groups attached to an aromatic ring is 1. The van der Waals surface area contributed by atoms with Crippen molar-refractivity contribution < 1.29 is 4.74 Å². The average molecular weight is 253 g/mol. The lowest BCUT2D eigenvalue weighted by atomic mass is 10.4. The van der Waals surface area contributed by atoms with E-state index in [1.54, 1.807) is 0 Å². The number of hydrazine groups is 1. The van der Waals surface area contributed by atoms with Crippen LogP contribution in [-0.4, -0.2) is 47.7 Å². The summed E-state index contributed by atoms with van der Waals surface area (Å²) in [6.07, 6.45) is 0.903. The van der Waals surface area contributed by atoms with Gasteiger partial charge in [0.2, 0.25) is 11.9 Å². The largest absolute Gasteiger partial charge is 0.463 e. The molecular formula is C10H19N7O. The van der Waals surface area contributed by atoms with Gasteiger partial charge in [0.15, 0.2) is 0 Å². The third kappa shape index (κ3) is 3.17. The standard InChI is InChI=1S/C10H19N7O/c1-2-7-18-10-14-8(16-11)13-9(15-10)17-5-3-12-4-6-17/h12H,2-7,11H2,1H3,(H,13,14,15,16). The van der Waals surface area contributed by atoms with E-state index in [2.05, 4.69) is 30.6 Å². The van der Waals surface area contributed by atoms with Crippen LogP contribution in [-0.2, 0) is 0 Å². The number of piperazine rings is 1. The Morgan fingerprint density at radius 1 is 1.33 bits per heavy atom. The summed E-state index contributed by atoms with van der Waals surface area (Å²) in [6, 6.07) is 0.313. The number of hydrogen-bond acceptors (Lipinski definition) is 8. The number of ether oxygens (including phenoxy) is 1. The quantitative estimate of drug-likeness (QED) is 0.470. The fourth-order valence-electron chi connectivity index (χ4n) is 1.67. The van der Waals surface area contributed by atoms with Gasteiger partial charge in [-0.05, 0) is 6.42 Å². The minimum Gasteiger partial charge on any atom is -0.463 e. The Bertz CT molecular complexity index is 380. The smallest absolute Gasteiger partial charge is 0.323 e. The van der Waals surface area contributed by atoms with Crippen LogP contribution in [0.25, 0.3) is 0 Å². The van der Waals surface area contributed by atoms with Gasteiger partial charge >= 0.3 is 6.01 Å². The van der Waals surface area contributed by atoms with Crippen LogP contribution in [0.5, 0.6) is 6.01 Å². The first-order chi connectivity index (χ1) is 8.83. The van der Waals surface area contributed by atoms with E-state index in [1.807, 2.05) is 6.92 Å². The van der Waals surface area contributed by atoms with E-state index >= 15 is 0 Å². The van der Waals surface area contributed by atoms with Crippen LogP contribution in [0.3, 0.4) is 0 Å². The summed E-state index contributed by atoms with van der Waals surface area (Å²) < 4.78 is 5.43. The Hall–Kier alpha value is -1.67. The zero-order chi connectivity index (χ0) is 12.8. The Balaban J connectivity index is 2.16. The highest BCUT2D eigenvalue weighted by atomic mass is 16.5. The molecule has 0 spiro atoms. The molecule has 1 aliphatic heterocycles. The molecule has 100 valence electrons. The normalized spacial score (nSPS) is 15.6. The molecule has 18 heavy (non-hydrogen) atoms. The zero-order valence-corrected chi connectivity index (χ0v) is 10.5. The van der Waals surface area contributed by atoms with Crippen LogP contribution >= 0.6 is 0 Å². The number of anilines is 2. The molecule has 0 aliphatic carbocycles. The van der Waals surface area contributed by atoms with Gasteiger partial charge in [-0.25, -0.2) is 5.84 Å². The SMILES string of the molecule is CCCOc1nc(NN)nc(N2CCNCC2)n1. The molecule has 1 aliphatic rings. The van der Waals surface area contributed by atoms with Crippen LogP contribution in [0.1, 0.15) is 13.3 Å². The molecule has 0 aromatic carbocycles. The number of nitrogens with zero attached hydrogens (tertiary/aromatic N) is 4. The summed E-state index contributed by atoms with van der Waals surface area (Å²) in [7, 11) is 0. The number of aromatic nitrogens is 3. The fraction of sp³-hybridized carbons (Fsp3) is 0.700. The van der Waals surface area contributed by atoms with E-state index in [9.17, 15) is 0 Å². The summed E-state index contributed by atoms with van der Waals surface area (Å²) in [5.74, 6) is 6.28. The molecule has 1 fully saturated rings. The van der Waals surface area contributed by atoms with E-state index in [-0.39, 0.29) is 0 Å². The number of nitrogens with two attached hydrogens (primary N) is 1. The van der Waals surface area contributed by atoms with Crippen LogP contribution in [0, 0.1) is 0 Å². The van der Waals surface area contributed by atoms with Crippen molar-refractivity contribution in [2.75, 3.05) is 43.1 Å². The molecule has 1 saturated heterocycles. The molecule has 0 amide bonds.